The van der Waals surface area contributed by atoms with Crippen LogP contribution in [0.3, 0.4) is 0 Å². The lowest BCUT2D eigenvalue weighted by molar-refractivity contribution is 0.0254. The van der Waals surface area contributed by atoms with Crippen LogP contribution in [0.15, 0.2) is 72.6 Å². The van der Waals surface area contributed by atoms with E-state index in [9.17, 15) is 10.1 Å². The van der Waals surface area contributed by atoms with Crippen molar-refractivity contribution in [2.24, 2.45) is 0 Å². The predicted molar refractivity (Wildman–Crippen MR) is 153 cm³/mol. The third-order valence-electron chi connectivity index (χ3n) is 7.20. The van der Waals surface area contributed by atoms with Gasteiger partial charge in [0, 0.05) is 35.7 Å². The van der Waals surface area contributed by atoms with Crippen LogP contribution in [0.25, 0.3) is 22.2 Å². The first-order chi connectivity index (χ1) is 19.3. The zero-order valence-corrected chi connectivity index (χ0v) is 22.9. The lowest BCUT2D eigenvalue weighted by Crippen LogP contribution is -2.37. The van der Waals surface area contributed by atoms with E-state index in [0.29, 0.717) is 24.5 Å². The lowest BCUT2D eigenvalue weighted by Gasteiger charge is -2.24. The summed E-state index contributed by atoms with van der Waals surface area (Å²) in [7, 11) is 0. The standard InChI is InChI=1S/C32H32N4O4/c1-32(2,3)40-31(37)36-13-9-22-17-21(4-6-28(22)36)27-18-26-25(8-12-34-30(26)35-27)20-5-7-29(23(16-20)19-33)39-24-10-14-38-15-11-24/h4-9,12-13,16-18,24,30,34-35H,10-11,14-15H2,1-3H3/t30-/m1/s1. The van der Waals surface area contributed by atoms with Crippen molar-refractivity contribution >= 4 is 28.3 Å². The van der Waals surface area contributed by atoms with Crippen molar-refractivity contribution in [3.05, 3.63) is 89.3 Å². The molecule has 40 heavy (non-hydrogen) atoms. The number of benzene rings is 2. The van der Waals surface area contributed by atoms with Crippen LogP contribution >= 0.6 is 0 Å². The molecule has 8 nitrogen and oxygen atoms in total. The number of nitrogens with one attached hydrogen (secondary N) is 2. The Hall–Kier alpha value is -4.48. The Bertz CT molecular complexity index is 1610. The van der Waals surface area contributed by atoms with E-state index in [1.807, 2.05) is 69.4 Å². The number of allylic oxidation sites excluding steroid dienone is 2. The van der Waals surface area contributed by atoms with E-state index in [4.69, 9.17) is 14.2 Å². The average Bonchev–Trinajstić information content (AvgIpc) is 3.57. The molecule has 4 heterocycles. The van der Waals surface area contributed by atoms with E-state index < -0.39 is 11.7 Å². The molecule has 0 unspecified atom stereocenters. The first-order valence-electron chi connectivity index (χ1n) is 13.6. The summed E-state index contributed by atoms with van der Waals surface area (Å²) in [6.45, 7) is 6.94. The van der Waals surface area contributed by atoms with Crippen molar-refractivity contribution in [1.29, 1.82) is 5.26 Å². The van der Waals surface area contributed by atoms with E-state index in [1.165, 1.54) is 4.57 Å². The summed E-state index contributed by atoms with van der Waals surface area (Å²) in [4.78, 5) is 12.6. The van der Waals surface area contributed by atoms with Gasteiger partial charge in [0.25, 0.3) is 0 Å². The highest BCUT2D eigenvalue weighted by molar-refractivity contribution is 5.93. The SMILES string of the molecule is CC(C)(C)OC(=O)n1ccc2cc(C3=CC4=C(c5ccc(OC6CCOCC6)c(C#N)c5)C=CN[C@@H]4N3)ccc21. The fraction of sp³-hybridized carbons (Fsp3) is 0.312. The predicted octanol–water partition coefficient (Wildman–Crippen LogP) is 5.69. The molecule has 1 saturated heterocycles. The minimum atomic E-state index is -0.568. The number of aromatic nitrogens is 1. The summed E-state index contributed by atoms with van der Waals surface area (Å²) >= 11 is 0. The van der Waals surface area contributed by atoms with E-state index in [0.717, 1.165) is 51.7 Å². The van der Waals surface area contributed by atoms with Crippen LogP contribution in [0.1, 0.15) is 50.3 Å². The monoisotopic (exact) mass is 536 g/mol. The van der Waals surface area contributed by atoms with Crippen LogP contribution < -0.4 is 15.4 Å². The number of dihydropyridines is 1. The molecular weight excluding hydrogens is 504 g/mol. The summed E-state index contributed by atoms with van der Waals surface area (Å²) in [5.41, 5.74) is 5.81. The van der Waals surface area contributed by atoms with Gasteiger partial charge < -0.3 is 24.8 Å². The van der Waals surface area contributed by atoms with Crippen LogP contribution in [-0.2, 0) is 9.47 Å². The summed E-state index contributed by atoms with van der Waals surface area (Å²) in [5.74, 6) is 0.616. The first-order valence-corrected chi connectivity index (χ1v) is 13.6. The topological polar surface area (TPSA) is 97.5 Å². The molecule has 0 bridgehead atoms. The van der Waals surface area contributed by atoms with E-state index in [2.05, 4.69) is 28.8 Å². The van der Waals surface area contributed by atoms with Gasteiger partial charge in [-0.15, -0.1) is 0 Å². The zero-order chi connectivity index (χ0) is 27.9. The summed E-state index contributed by atoms with van der Waals surface area (Å²) in [5, 5.41) is 17.8. The van der Waals surface area contributed by atoms with Gasteiger partial charge in [0.05, 0.1) is 24.3 Å². The maximum Gasteiger partial charge on any atom is 0.418 e. The fourth-order valence-corrected chi connectivity index (χ4v) is 5.27. The Labute approximate surface area is 233 Å². The Morgan fingerprint density at radius 1 is 1.10 bits per heavy atom. The fourth-order valence-electron chi connectivity index (χ4n) is 5.27. The highest BCUT2D eigenvalue weighted by atomic mass is 16.6. The Balaban J connectivity index is 1.29. The maximum absolute atomic E-state index is 12.6. The van der Waals surface area contributed by atoms with Crippen molar-refractivity contribution in [2.75, 3.05) is 13.2 Å². The number of ether oxygens (including phenoxy) is 3. The molecule has 0 aliphatic carbocycles. The van der Waals surface area contributed by atoms with Gasteiger partial charge in [-0.1, -0.05) is 12.1 Å². The Morgan fingerprint density at radius 3 is 2.67 bits per heavy atom. The molecule has 1 fully saturated rings. The molecule has 0 radical (unpaired) electrons. The second-order valence-electron chi connectivity index (χ2n) is 11.2. The van der Waals surface area contributed by atoms with E-state index in [-0.39, 0.29) is 12.3 Å². The minimum absolute atomic E-state index is 0.0692. The van der Waals surface area contributed by atoms with Crippen molar-refractivity contribution in [3.63, 3.8) is 0 Å². The lowest BCUT2D eigenvalue weighted by atomic mass is 9.95. The highest BCUT2D eigenvalue weighted by Gasteiger charge is 2.27. The third kappa shape index (κ3) is 5.08. The molecule has 0 amide bonds. The number of rotatable bonds is 4. The molecule has 6 rings (SSSR count). The second-order valence-corrected chi connectivity index (χ2v) is 11.2. The highest BCUT2D eigenvalue weighted by Crippen LogP contribution is 2.35. The number of hydrogen-bond acceptors (Lipinski definition) is 7. The van der Waals surface area contributed by atoms with E-state index in [1.54, 1.807) is 6.20 Å². The van der Waals surface area contributed by atoms with Crippen LogP contribution in [0.5, 0.6) is 5.75 Å². The Kier molecular flexibility index (Phi) is 6.60. The van der Waals surface area contributed by atoms with Crippen molar-refractivity contribution in [1.82, 2.24) is 15.2 Å². The Morgan fingerprint density at radius 2 is 1.90 bits per heavy atom. The van der Waals surface area contributed by atoms with Crippen LogP contribution in [0.4, 0.5) is 4.79 Å². The number of nitrogens with zero attached hydrogens (tertiary/aromatic N) is 2. The van der Waals surface area contributed by atoms with Gasteiger partial charge in [0.2, 0.25) is 0 Å². The number of nitriles is 1. The van der Waals surface area contributed by atoms with Gasteiger partial charge in [-0.05, 0) is 86.2 Å². The molecule has 2 N–H and O–H groups in total. The van der Waals surface area contributed by atoms with Gasteiger partial charge >= 0.3 is 6.09 Å². The summed E-state index contributed by atoms with van der Waals surface area (Å²) < 4.78 is 18.7. The van der Waals surface area contributed by atoms with Crippen molar-refractivity contribution in [2.45, 2.75) is 51.5 Å². The summed E-state index contributed by atoms with van der Waals surface area (Å²) in [6, 6.07) is 16.1. The molecule has 0 saturated carbocycles. The number of carbonyl (C=O) groups excluding carboxylic acids is 1. The average molecular weight is 537 g/mol. The van der Waals surface area contributed by atoms with Crippen molar-refractivity contribution < 1.29 is 19.0 Å². The zero-order valence-electron chi connectivity index (χ0n) is 22.9. The van der Waals surface area contributed by atoms with Crippen LogP contribution in [0, 0.1) is 11.3 Å². The van der Waals surface area contributed by atoms with Crippen LogP contribution in [-0.4, -0.2) is 41.7 Å². The second kappa shape index (κ2) is 10.2. The van der Waals surface area contributed by atoms with Crippen LogP contribution in [0.2, 0.25) is 0 Å². The van der Waals surface area contributed by atoms with Gasteiger partial charge in [0.15, 0.2) is 0 Å². The van der Waals surface area contributed by atoms with Gasteiger partial charge in [-0.25, -0.2) is 4.79 Å². The van der Waals surface area contributed by atoms with Gasteiger partial charge in [-0.2, -0.15) is 5.26 Å². The molecule has 1 atom stereocenters. The quantitative estimate of drug-likeness (QED) is 0.442. The van der Waals surface area contributed by atoms with Gasteiger partial charge in [0.1, 0.15) is 29.7 Å². The number of hydrogen-bond donors (Lipinski definition) is 2. The molecule has 3 aromatic rings. The molecule has 2 aromatic carbocycles. The molecule has 0 spiro atoms. The third-order valence-corrected chi connectivity index (χ3v) is 7.20. The molecular formula is C32H32N4O4. The molecule has 204 valence electrons. The number of carbonyl (C=O) groups is 1. The maximum atomic E-state index is 12.6. The van der Waals surface area contributed by atoms with E-state index >= 15 is 0 Å². The first kappa shape index (κ1) is 25.8. The molecule has 1 aromatic heterocycles. The molecule has 3 aliphatic rings. The molecule has 8 heteroatoms. The smallest absolute Gasteiger partial charge is 0.418 e. The minimum Gasteiger partial charge on any atom is -0.489 e. The largest absolute Gasteiger partial charge is 0.489 e. The normalized spacial score (nSPS) is 18.9. The molecule has 3 aliphatic heterocycles. The van der Waals surface area contributed by atoms with Crippen molar-refractivity contribution in [3.8, 4) is 11.8 Å². The van der Waals surface area contributed by atoms with Gasteiger partial charge in [-0.3, -0.25) is 4.57 Å². The number of fused-ring (bicyclic) bond motifs is 2. The summed E-state index contributed by atoms with van der Waals surface area (Å²) in [6.07, 6.45) is 9.08.